The van der Waals surface area contributed by atoms with Crippen LogP contribution in [0.3, 0.4) is 0 Å². The van der Waals surface area contributed by atoms with Crippen molar-refractivity contribution in [1.82, 2.24) is 0 Å². The second-order valence-corrected chi connectivity index (χ2v) is 7.62. The van der Waals surface area contributed by atoms with Crippen molar-refractivity contribution < 1.29 is 14.2 Å². The van der Waals surface area contributed by atoms with Gasteiger partial charge in [-0.05, 0) is 60.6 Å². The highest BCUT2D eigenvalue weighted by molar-refractivity contribution is 5.71. The number of hydrogen-bond donors (Lipinski definition) is 0. The first kappa shape index (κ1) is 21.7. The number of anilines is 1. The Hall–Kier alpha value is -2.04. The van der Waals surface area contributed by atoms with E-state index >= 15 is 0 Å². The SMILES string of the molecule is CCCCOCCOc1ccc(-c2ccc3c(c2)N(CCOC)CCCC3)cc1. The van der Waals surface area contributed by atoms with E-state index in [2.05, 4.69) is 54.3 Å². The molecule has 2 aromatic rings. The van der Waals surface area contributed by atoms with Gasteiger partial charge in [-0.25, -0.2) is 0 Å². The van der Waals surface area contributed by atoms with Crippen molar-refractivity contribution in [3.8, 4) is 16.9 Å². The van der Waals surface area contributed by atoms with Crippen LogP contribution in [0.4, 0.5) is 5.69 Å². The van der Waals surface area contributed by atoms with E-state index in [0.717, 1.165) is 51.3 Å². The van der Waals surface area contributed by atoms with Crippen LogP contribution in [0.15, 0.2) is 42.5 Å². The molecule has 3 rings (SSSR count). The topological polar surface area (TPSA) is 30.9 Å². The molecule has 4 heteroatoms. The summed E-state index contributed by atoms with van der Waals surface area (Å²) in [5.74, 6) is 0.893. The number of fused-ring (bicyclic) bond motifs is 1. The van der Waals surface area contributed by atoms with Gasteiger partial charge in [0.15, 0.2) is 0 Å². The summed E-state index contributed by atoms with van der Waals surface area (Å²) < 4.78 is 16.7. The van der Waals surface area contributed by atoms with Gasteiger partial charge in [-0.15, -0.1) is 0 Å². The van der Waals surface area contributed by atoms with Crippen molar-refractivity contribution in [2.75, 3.05) is 51.5 Å². The molecule has 0 atom stereocenters. The third-order valence-corrected chi connectivity index (χ3v) is 5.44. The number of aryl methyl sites for hydroxylation is 1. The molecule has 0 radical (unpaired) electrons. The Bertz CT molecular complexity index is 729. The second-order valence-electron chi connectivity index (χ2n) is 7.62. The van der Waals surface area contributed by atoms with E-state index in [4.69, 9.17) is 14.2 Å². The van der Waals surface area contributed by atoms with Crippen molar-refractivity contribution in [1.29, 1.82) is 0 Å². The minimum Gasteiger partial charge on any atom is -0.491 e. The average molecular weight is 398 g/mol. The average Bonchev–Trinajstić information content (AvgIpc) is 2.96. The van der Waals surface area contributed by atoms with Crippen LogP contribution in [0, 0.1) is 0 Å². The van der Waals surface area contributed by atoms with Crippen molar-refractivity contribution >= 4 is 5.69 Å². The summed E-state index contributed by atoms with van der Waals surface area (Å²) in [6, 6.07) is 15.3. The maximum Gasteiger partial charge on any atom is 0.119 e. The van der Waals surface area contributed by atoms with E-state index in [1.165, 1.54) is 35.2 Å². The predicted octanol–water partition coefficient (Wildman–Crippen LogP) is 5.34. The van der Waals surface area contributed by atoms with Crippen LogP contribution in [-0.2, 0) is 15.9 Å². The van der Waals surface area contributed by atoms with Gasteiger partial charge in [0.1, 0.15) is 12.4 Å². The van der Waals surface area contributed by atoms with Gasteiger partial charge >= 0.3 is 0 Å². The Labute approximate surface area is 175 Å². The quantitative estimate of drug-likeness (QED) is 0.479. The predicted molar refractivity (Wildman–Crippen MR) is 120 cm³/mol. The third-order valence-electron chi connectivity index (χ3n) is 5.44. The minimum atomic E-state index is 0.594. The fourth-order valence-electron chi connectivity index (χ4n) is 3.73. The smallest absolute Gasteiger partial charge is 0.119 e. The summed E-state index contributed by atoms with van der Waals surface area (Å²) in [6.45, 7) is 7.03. The third kappa shape index (κ3) is 6.48. The molecule has 0 N–H and O–H groups in total. The van der Waals surface area contributed by atoms with Gasteiger partial charge in [-0.3, -0.25) is 0 Å². The fraction of sp³-hybridized carbons (Fsp3) is 0.520. The van der Waals surface area contributed by atoms with Crippen LogP contribution in [0.2, 0.25) is 0 Å². The first-order valence-corrected chi connectivity index (χ1v) is 11.0. The Morgan fingerprint density at radius 3 is 2.52 bits per heavy atom. The second kappa shape index (κ2) is 11.8. The zero-order valence-electron chi connectivity index (χ0n) is 18.0. The van der Waals surface area contributed by atoms with Gasteiger partial charge in [-0.1, -0.05) is 37.6 Å². The van der Waals surface area contributed by atoms with Crippen LogP contribution in [0.1, 0.15) is 38.2 Å². The summed E-state index contributed by atoms with van der Waals surface area (Å²) in [6.07, 6.45) is 5.92. The normalized spacial score (nSPS) is 13.8. The number of hydrogen-bond acceptors (Lipinski definition) is 4. The Kier molecular flexibility index (Phi) is 8.84. The Balaban J connectivity index is 1.63. The first-order valence-electron chi connectivity index (χ1n) is 11.0. The minimum absolute atomic E-state index is 0.594. The van der Waals surface area contributed by atoms with Gasteiger partial charge < -0.3 is 19.1 Å². The molecule has 0 amide bonds. The Morgan fingerprint density at radius 1 is 0.897 bits per heavy atom. The van der Waals surface area contributed by atoms with Gasteiger partial charge in [0.05, 0.1) is 13.2 Å². The van der Waals surface area contributed by atoms with Crippen molar-refractivity contribution in [2.45, 2.75) is 39.0 Å². The standard InChI is InChI=1S/C25H35NO3/c1-3-4-16-28-18-19-29-24-12-10-21(11-13-24)23-9-8-22-7-5-6-14-26(15-17-27-2)25(22)20-23/h8-13,20H,3-7,14-19H2,1-2H3. The van der Waals surface area contributed by atoms with Crippen molar-refractivity contribution in [3.63, 3.8) is 0 Å². The van der Waals surface area contributed by atoms with Gasteiger partial charge in [0.2, 0.25) is 0 Å². The Morgan fingerprint density at radius 2 is 1.72 bits per heavy atom. The molecular weight excluding hydrogens is 362 g/mol. The summed E-state index contributed by atoms with van der Waals surface area (Å²) in [5.41, 5.74) is 5.28. The van der Waals surface area contributed by atoms with Crippen molar-refractivity contribution in [3.05, 3.63) is 48.0 Å². The summed E-state index contributed by atoms with van der Waals surface area (Å²) in [5, 5.41) is 0. The lowest BCUT2D eigenvalue weighted by molar-refractivity contribution is 0.0981. The lowest BCUT2D eigenvalue weighted by atomic mass is 10.00. The number of nitrogens with zero attached hydrogens (tertiary/aromatic N) is 1. The molecule has 0 aromatic heterocycles. The van der Waals surface area contributed by atoms with E-state index < -0.39 is 0 Å². The molecule has 0 saturated heterocycles. The lowest BCUT2D eigenvalue weighted by Gasteiger charge is -2.25. The molecule has 29 heavy (non-hydrogen) atoms. The van der Waals surface area contributed by atoms with E-state index in [0.29, 0.717) is 13.2 Å². The molecule has 0 aliphatic carbocycles. The summed E-state index contributed by atoms with van der Waals surface area (Å²) >= 11 is 0. The van der Waals surface area contributed by atoms with Gasteiger partial charge in [0, 0.05) is 32.5 Å². The van der Waals surface area contributed by atoms with E-state index in [1.807, 2.05) is 0 Å². The van der Waals surface area contributed by atoms with Crippen LogP contribution in [-0.4, -0.2) is 46.6 Å². The number of rotatable bonds is 11. The molecule has 4 nitrogen and oxygen atoms in total. The van der Waals surface area contributed by atoms with Crippen LogP contribution < -0.4 is 9.64 Å². The maximum atomic E-state index is 5.80. The number of benzene rings is 2. The molecule has 0 fully saturated rings. The summed E-state index contributed by atoms with van der Waals surface area (Å²) in [4.78, 5) is 2.48. The van der Waals surface area contributed by atoms with Crippen molar-refractivity contribution in [2.24, 2.45) is 0 Å². The van der Waals surface area contributed by atoms with Crippen LogP contribution in [0.25, 0.3) is 11.1 Å². The van der Waals surface area contributed by atoms with Gasteiger partial charge in [0.25, 0.3) is 0 Å². The van der Waals surface area contributed by atoms with Gasteiger partial charge in [-0.2, -0.15) is 0 Å². The largest absolute Gasteiger partial charge is 0.491 e. The molecule has 158 valence electrons. The number of methoxy groups -OCH3 is 1. The highest BCUT2D eigenvalue weighted by Crippen LogP contribution is 2.32. The first-order chi connectivity index (χ1) is 14.3. The molecule has 0 unspecified atom stereocenters. The number of ether oxygens (including phenoxy) is 3. The lowest BCUT2D eigenvalue weighted by Crippen LogP contribution is -2.28. The monoisotopic (exact) mass is 397 g/mol. The molecule has 1 aliphatic rings. The molecule has 1 heterocycles. The zero-order chi connectivity index (χ0) is 20.3. The molecule has 0 bridgehead atoms. The van der Waals surface area contributed by atoms with E-state index in [1.54, 1.807) is 7.11 Å². The maximum absolute atomic E-state index is 5.80. The number of unbranched alkanes of at least 4 members (excludes halogenated alkanes) is 1. The molecular formula is C25H35NO3. The highest BCUT2D eigenvalue weighted by atomic mass is 16.5. The van der Waals surface area contributed by atoms with Crippen LogP contribution in [0.5, 0.6) is 5.75 Å². The fourth-order valence-corrected chi connectivity index (χ4v) is 3.73. The van der Waals surface area contributed by atoms with E-state index in [-0.39, 0.29) is 0 Å². The molecule has 0 saturated carbocycles. The summed E-state index contributed by atoms with van der Waals surface area (Å²) in [7, 11) is 1.77. The zero-order valence-corrected chi connectivity index (χ0v) is 18.0. The molecule has 0 spiro atoms. The molecule has 2 aromatic carbocycles. The highest BCUT2D eigenvalue weighted by Gasteiger charge is 2.16. The van der Waals surface area contributed by atoms with E-state index in [9.17, 15) is 0 Å². The molecule has 1 aliphatic heterocycles. The van der Waals surface area contributed by atoms with Crippen LogP contribution >= 0.6 is 0 Å².